The molecule has 1 fully saturated rings. The van der Waals surface area contributed by atoms with Crippen molar-refractivity contribution in [3.8, 4) is 5.75 Å². The number of hydrogen-bond donors (Lipinski definition) is 3. The lowest BCUT2D eigenvalue weighted by atomic mass is 9.77. The van der Waals surface area contributed by atoms with Crippen LogP contribution < -0.4 is 20.7 Å². The maximum atomic E-state index is 14.4. The molecule has 2 aliphatic heterocycles. The Bertz CT molecular complexity index is 2480. The first-order valence-corrected chi connectivity index (χ1v) is 23.7. The minimum Gasteiger partial charge on any atom is -0.497 e. The van der Waals surface area contributed by atoms with E-state index >= 15 is 0 Å². The van der Waals surface area contributed by atoms with Crippen LogP contribution in [-0.2, 0) is 40.8 Å². The number of oxime groups is 1. The van der Waals surface area contributed by atoms with Crippen molar-refractivity contribution in [2.24, 2.45) is 5.16 Å². The number of ether oxygens (including phenoxy) is 3. The zero-order valence-corrected chi connectivity index (χ0v) is 39.7. The average Bonchev–Trinajstić information content (AvgIpc) is 3.69. The van der Waals surface area contributed by atoms with Gasteiger partial charge in [0.2, 0.25) is 0 Å². The number of anilines is 1. The molecule has 3 heterocycles. The number of carbonyl (C=O) groups excluding carboxylic acids is 4. The number of carbonyl (C=O) groups is 4. The van der Waals surface area contributed by atoms with Gasteiger partial charge in [-0.05, 0) is 60.7 Å². The van der Waals surface area contributed by atoms with E-state index in [4.69, 9.17) is 47.2 Å². The minimum absolute atomic E-state index is 0.00341. The van der Waals surface area contributed by atoms with Crippen molar-refractivity contribution in [1.82, 2.24) is 20.5 Å². The summed E-state index contributed by atoms with van der Waals surface area (Å²) < 4.78 is 16.3. The van der Waals surface area contributed by atoms with Crippen LogP contribution in [0.1, 0.15) is 55.1 Å². The molecular weight excluding hydrogens is 924 g/mol. The summed E-state index contributed by atoms with van der Waals surface area (Å²) in [5, 5.41) is 13.1. The number of hydrogen-bond acceptors (Lipinski definition) is 13. The van der Waals surface area contributed by atoms with Crippen LogP contribution in [0.15, 0.2) is 132 Å². The third-order valence-electron chi connectivity index (χ3n) is 10.4. The molecule has 3 N–H and O–H groups in total. The molecular formula is C48H48Cl2N6O8S2. The maximum absolute atomic E-state index is 14.4. The largest absolute Gasteiger partial charge is 0.497 e. The van der Waals surface area contributed by atoms with Crippen LogP contribution >= 0.6 is 46.3 Å². The van der Waals surface area contributed by atoms with Crippen molar-refractivity contribution in [3.05, 3.63) is 159 Å². The van der Waals surface area contributed by atoms with Gasteiger partial charge in [0.1, 0.15) is 57.2 Å². The smallest absolute Gasteiger partial charge is 0.407 e. The number of fused-ring (bicyclic) bond motifs is 1. The molecule has 2 aliphatic rings. The molecule has 3 amide bonds. The predicted octanol–water partition coefficient (Wildman–Crippen LogP) is 8.48. The molecule has 0 radical (unpaired) electrons. The molecule has 5 aromatic rings. The van der Waals surface area contributed by atoms with Gasteiger partial charge in [0, 0.05) is 24.6 Å². The van der Waals surface area contributed by atoms with Gasteiger partial charge in [-0.15, -0.1) is 23.4 Å². The second-order valence-corrected chi connectivity index (χ2v) is 19.0. The highest BCUT2D eigenvalue weighted by Gasteiger charge is 2.55. The summed E-state index contributed by atoms with van der Waals surface area (Å²) in [6, 6.07) is 35.7. The van der Waals surface area contributed by atoms with E-state index in [0.717, 1.165) is 33.6 Å². The van der Waals surface area contributed by atoms with Crippen molar-refractivity contribution in [2.75, 3.05) is 37.2 Å². The second-order valence-electron chi connectivity index (χ2n) is 16.0. The van der Waals surface area contributed by atoms with Crippen LogP contribution in [-0.4, -0.2) is 88.4 Å². The molecule has 7 rings (SSSR count). The molecule has 1 aromatic heterocycles. The Kier molecular flexibility index (Phi) is 15.6. The van der Waals surface area contributed by atoms with Crippen LogP contribution in [0.25, 0.3) is 0 Å². The molecule has 1 saturated heterocycles. The van der Waals surface area contributed by atoms with Crippen molar-refractivity contribution in [3.63, 3.8) is 0 Å². The summed E-state index contributed by atoms with van der Waals surface area (Å²) in [6.07, 6.45) is -0.274. The first-order valence-electron chi connectivity index (χ1n) is 20.9. The lowest BCUT2D eigenvalue weighted by Crippen LogP contribution is -2.71. The van der Waals surface area contributed by atoms with Gasteiger partial charge < -0.3 is 35.0 Å². The zero-order valence-electron chi connectivity index (χ0n) is 36.5. The summed E-state index contributed by atoms with van der Waals surface area (Å²) >= 11 is 15.7. The molecule has 0 bridgehead atoms. The Hall–Kier alpha value is -6.07. The highest BCUT2D eigenvalue weighted by molar-refractivity contribution is 8.00. The van der Waals surface area contributed by atoms with E-state index in [1.54, 1.807) is 52.1 Å². The number of thiazole rings is 1. The topological polar surface area (TPSA) is 170 Å². The number of β-lactam (4-membered cyclic amide) rings is 1. The van der Waals surface area contributed by atoms with Gasteiger partial charge in [-0.2, -0.15) is 0 Å². The number of nitrogens with zero attached hydrogens (tertiary/aromatic N) is 3. The number of alkyl carbamates (subject to hydrolysis) is 1. The number of alkyl halides is 1. The van der Waals surface area contributed by atoms with Crippen LogP contribution in [0, 0.1) is 0 Å². The van der Waals surface area contributed by atoms with Gasteiger partial charge >= 0.3 is 12.1 Å². The standard InChI is InChI=1S/C48H48Cl2N6O8S2/c1-47(2,3)64-46(60)51-25-14-26-63-55-37(41(57)52-38-42(58)56-39(31(27-49)29-65-43(38)56)44(59)62-28-30-21-23-35(61-4)24-22-30)36-40(50)66-45(53-36)54-48(32-15-8-5-9-16-32,33-17-10-6-11-18-33)34-19-12-7-13-20-34/h5-13,15-24,38,43H,14,25-29H2,1-4H3,(H,51,60)(H,52,57)(H,53,54)/b55-37-/t38-,43-/m1/s1. The first kappa shape index (κ1) is 47.9. The fraction of sp³-hybridized carbons (Fsp3) is 0.292. The average molecular weight is 972 g/mol. The maximum Gasteiger partial charge on any atom is 0.407 e. The van der Waals surface area contributed by atoms with Crippen molar-refractivity contribution >= 4 is 81.0 Å². The van der Waals surface area contributed by atoms with Crippen LogP contribution in [0.2, 0.25) is 4.34 Å². The highest BCUT2D eigenvalue weighted by Crippen LogP contribution is 2.43. The number of methoxy groups -OCH3 is 1. The van der Waals surface area contributed by atoms with E-state index in [2.05, 4.69) is 21.1 Å². The predicted molar refractivity (Wildman–Crippen MR) is 257 cm³/mol. The molecule has 66 heavy (non-hydrogen) atoms. The number of aromatic nitrogens is 1. The SMILES string of the molecule is COc1ccc(COC(=O)C2=C(CCl)CS[C@@H]3[C@H](NC(=O)/C(=N\OCCCNC(=O)OC(C)(C)C)c4nc(NC(c5ccccc5)(c5ccccc5)c5ccccc5)sc4Cl)C(=O)N23)cc1. The van der Waals surface area contributed by atoms with Gasteiger partial charge in [0.15, 0.2) is 10.8 Å². The molecule has 18 heteroatoms. The number of amides is 3. The van der Waals surface area contributed by atoms with Crippen molar-refractivity contribution in [1.29, 1.82) is 0 Å². The number of esters is 1. The van der Waals surface area contributed by atoms with Crippen molar-refractivity contribution in [2.45, 2.75) is 56.4 Å². The van der Waals surface area contributed by atoms with Crippen LogP contribution in [0.3, 0.4) is 0 Å². The first-order chi connectivity index (χ1) is 31.8. The normalized spacial score (nSPS) is 16.1. The molecule has 0 unspecified atom stereocenters. The second kappa shape index (κ2) is 21.5. The summed E-state index contributed by atoms with van der Waals surface area (Å²) in [6.45, 7) is 5.43. The van der Waals surface area contributed by atoms with E-state index in [-0.39, 0.29) is 47.1 Å². The van der Waals surface area contributed by atoms with Gasteiger partial charge in [-0.25, -0.2) is 14.6 Å². The fourth-order valence-corrected chi connectivity index (χ4v) is 10.1. The Balaban J connectivity index is 1.15. The number of rotatable bonds is 18. The quantitative estimate of drug-likeness (QED) is 0.0146. The lowest BCUT2D eigenvalue weighted by molar-refractivity contribution is -0.153. The summed E-state index contributed by atoms with van der Waals surface area (Å²) in [5.74, 6) is -1.09. The van der Waals surface area contributed by atoms with E-state index in [0.29, 0.717) is 28.6 Å². The van der Waals surface area contributed by atoms with E-state index in [9.17, 15) is 19.2 Å². The van der Waals surface area contributed by atoms with Gasteiger partial charge in [0.25, 0.3) is 11.8 Å². The monoisotopic (exact) mass is 970 g/mol. The van der Waals surface area contributed by atoms with Crippen molar-refractivity contribution < 1.29 is 38.2 Å². The van der Waals surface area contributed by atoms with Gasteiger partial charge in [-0.3, -0.25) is 14.5 Å². The zero-order chi connectivity index (χ0) is 46.8. The molecule has 4 aromatic carbocycles. The number of halogens is 2. The Morgan fingerprint density at radius 3 is 2.06 bits per heavy atom. The molecule has 0 spiro atoms. The van der Waals surface area contributed by atoms with E-state index in [1.807, 2.05) is 91.0 Å². The van der Waals surface area contributed by atoms with E-state index < -0.39 is 46.4 Å². The third kappa shape index (κ3) is 11.0. The summed E-state index contributed by atoms with van der Waals surface area (Å²) in [5.41, 5.74) is 2.11. The summed E-state index contributed by atoms with van der Waals surface area (Å²) in [7, 11) is 1.56. The Labute approximate surface area is 401 Å². The number of nitrogens with one attached hydrogen (secondary N) is 3. The molecule has 0 aliphatic carbocycles. The molecule has 0 saturated carbocycles. The van der Waals surface area contributed by atoms with Crippen LogP contribution in [0.5, 0.6) is 5.75 Å². The molecule has 2 atom stereocenters. The highest BCUT2D eigenvalue weighted by atomic mass is 35.5. The summed E-state index contributed by atoms with van der Waals surface area (Å²) in [4.78, 5) is 66.0. The fourth-order valence-electron chi connectivity index (χ4n) is 7.31. The van der Waals surface area contributed by atoms with Crippen LogP contribution in [0.4, 0.5) is 9.93 Å². The lowest BCUT2D eigenvalue weighted by Gasteiger charge is -2.49. The third-order valence-corrected chi connectivity index (χ3v) is 13.2. The number of benzene rings is 4. The molecule has 344 valence electrons. The van der Waals surface area contributed by atoms with Gasteiger partial charge in [-0.1, -0.05) is 131 Å². The number of thioether (sulfide) groups is 1. The minimum atomic E-state index is -1.07. The van der Waals surface area contributed by atoms with Gasteiger partial charge in [0.05, 0.1) is 7.11 Å². The molecule has 14 nitrogen and oxygen atoms in total. The van der Waals surface area contributed by atoms with E-state index in [1.165, 1.54) is 16.7 Å². The Morgan fingerprint density at radius 1 is 0.894 bits per heavy atom. The Morgan fingerprint density at radius 2 is 1.50 bits per heavy atom.